The second kappa shape index (κ2) is 13.9. The van der Waals surface area contributed by atoms with Crippen molar-refractivity contribution in [1.29, 1.82) is 0 Å². The van der Waals surface area contributed by atoms with E-state index in [1.165, 1.54) is 0 Å². The van der Waals surface area contributed by atoms with Crippen molar-refractivity contribution in [3.8, 4) is 11.1 Å². The van der Waals surface area contributed by atoms with Gasteiger partial charge in [0.1, 0.15) is 6.54 Å². The van der Waals surface area contributed by atoms with Crippen molar-refractivity contribution in [3.63, 3.8) is 0 Å². The first kappa shape index (κ1) is 29.8. The number of amides is 1. The highest BCUT2D eigenvalue weighted by molar-refractivity contribution is 7.39. The molecular weight excluding hydrogens is 530 g/mol. The lowest BCUT2D eigenvalue weighted by molar-refractivity contribution is -0.161. The Labute approximate surface area is 228 Å². The lowest BCUT2D eigenvalue weighted by Gasteiger charge is -2.27. The van der Waals surface area contributed by atoms with Crippen LogP contribution in [0, 0.1) is 0 Å². The van der Waals surface area contributed by atoms with Crippen LogP contribution in [0.1, 0.15) is 56.1 Å². The van der Waals surface area contributed by atoms with E-state index < -0.39 is 32.6 Å². The van der Waals surface area contributed by atoms with Crippen molar-refractivity contribution in [1.82, 2.24) is 4.90 Å². The van der Waals surface area contributed by atoms with Crippen LogP contribution in [-0.2, 0) is 23.4 Å². The number of benzene rings is 2. The molecule has 2 aromatic rings. The molecule has 0 spiro atoms. The van der Waals surface area contributed by atoms with E-state index in [4.69, 9.17) is 14.0 Å². The van der Waals surface area contributed by atoms with Gasteiger partial charge in [-0.15, -0.1) is 0 Å². The second-order valence-electron chi connectivity index (χ2n) is 10.2. The largest absolute Gasteiger partial charge is 0.406 e. The number of nitrogens with zero attached hydrogens (tertiary/aromatic N) is 1. The van der Waals surface area contributed by atoms with Crippen LogP contribution in [0.4, 0.5) is 13.2 Å². The van der Waals surface area contributed by atoms with Gasteiger partial charge in [0.05, 0.1) is 31.3 Å². The Bertz CT molecular complexity index is 1080. The summed E-state index contributed by atoms with van der Waals surface area (Å²) in [7, 11) is -2.36. The van der Waals surface area contributed by atoms with E-state index in [-0.39, 0.29) is 31.5 Å². The molecule has 1 aliphatic heterocycles. The summed E-state index contributed by atoms with van der Waals surface area (Å²) in [5.74, 6) is -1.34. The Morgan fingerprint density at radius 3 is 2.36 bits per heavy atom. The summed E-state index contributed by atoms with van der Waals surface area (Å²) < 4.78 is 69.7. The highest BCUT2D eigenvalue weighted by atomic mass is 31.1. The molecule has 0 bridgehead atoms. The summed E-state index contributed by atoms with van der Waals surface area (Å²) in [5, 5.41) is 0. The summed E-state index contributed by atoms with van der Waals surface area (Å²) in [6, 6.07) is 14.7. The molecule has 0 N–H and O–H groups in total. The fourth-order valence-electron chi connectivity index (χ4n) is 5.22. The van der Waals surface area contributed by atoms with Crippen LogP contribution in [0.3, 0.4) is 0 Å². The topological polar surface area (TPSA) is 65.1 Å². The van der Waals surface area contributed by atoms with Crippen molar-refractivity contribution in [2.24, 2.45) is 0 Å². The maximum absolute atomic E-state index is 13.6. The number of carbonyl (C=O) groups excluding carboxylic acids is 1. The van der Waals surface area contributed by atoms with Crippen LogP contribution in [0.25, 0.3) is 11.1 Å². The molecule has 10 heteroatoms. The van der Waals surface area contributed by atoms with Gasteiger partial charge in [-0.3, -0.25) is 9.36 Å². The first-order chi connectivity index (χ1) is 18.8. The highest BCUT2D eigenvalue weighted by Gasteiger charge is 2.39. The van der Waals surface area contributed by atoms with E-state index in [1.807, 2.05) is 24.3 Å². The molecule has 1 amide bonds. The SMILES string of the molecule is CCCCOC1COC(CO[PH](=O)CCCCN(CC(F)(F)F)C(=O)C2c3ccccc3-c3ccccc32)C1. The zero-order chi connectivity index (χ0) is 27.8. The number of halogens is 3. The van der Waals surface area contributed by atoms with Crippen molar-refractivity contribution < 1.29 is 36.5 Å². The molecule has 1 heterocycles. The predicted octanol–water partition coefficient (Wildman–Crippen LogP) is 6.44. The Hall–Kier alpha value is -2.19. The van der Waals surface area contributed by atoms with Crippen molar-refractivity contribution in [2.75, 3.05) is 39.1 Å². The number of rotatable bonds is 14. The Morgan fingerprint density at radius 2 is 1.72 bits per heavy atom. The van der Waals surface area contributed by atoms with Gasteiger partial charge in [0.2, 0.25) is 5.91 Å². The van der Waals surface area contributed by atoms with Crippen LogP contribution < -0.4 is 0 Å². The number of hydrogen-bond acceptors (Lipinski definition) is 5. The lowest BCUT2D eigenvalue weighted by atomic mass is 9.95. The quantitative estimate of drug-likeness (QED) is 0.194. The summed E-state index contributed by atoms with van der Waals surface area (Å²) in [6.45, 7) is 2.11. The molecule has 3 atom stereocenters. The monoisotopic (exact) mass is 567 g/mol. The van der Waals surface area contributed by atoms with Crippen LogP contribution in [0.2, 0.25) is 0 Å². The third-order valence-corrected chi connectivity index (χ3v) is 8.40. The zero-order valence-electron chi connectivity index (χ0n) is 22.3. The number of hydrogen-bond donors (Lipinski definition) is 0. The van der Waals surface area contributed by atoms with Gasteiger partial charge < -0.3 is 18.9 Å². The molecule has 0 saturated carbocycles. The fourth-order valence-corrected chi connectivity index (χ4v) is 6.27. The minimum Gasteiger partial charge on any atom is -0.376 e. The van der Waals surface area contributed by atoms with Gasteiger partial charge >= 0.3 is 6.18 Å². The lowest BCUT2D eigenvalue weighted by Crippen LogP contribution is -2.42. The molecule has 214 valence electrons. The van der Waals surface area contributed by atoms with E-state index in [0.29, 0.717) is 32.5 Å². The molecule has 2 aromatic carbocycles. The van der Waals surface area contributed by atoms with E-state index in [0.717, 1.165) is 40.0 Å². The third-order valence-electron chi connectivity index (χ3n) is 7.15. The molecule has 2 aliphatic rings. The number of alkyl halides is 3. The maximum atomic E-state index is 13.6. The first-order valence-corrected chi connectivity index (χ1v) is 15.2. The standard InChI is InChI=1S/C29H37F3NO5P/c1-2-3-15-36-21-17-22(37-18-21)19-38-39(35)16-9-8-14-33(20-29(30,31)32)28(34)27-25-12-6-4-10-23(25)24-11-5-7-13-26(24)27/h4-7,10-13,21-22,27,39H,2-3,8-9,14-20H2,1H3. The molecule has 0 radical (unpaired) electrons. The third kappa shape index (κ3) is 8.16. The Morgan fingerprint density at radius 1 is 1.05 bits per heavy atom. The van der Waals surface area contributed by atoms with Crippen LogP contribution in [-0.4, -0.2) is 68.3 Å². The van der Waals surface area contributed by atoms with Crippen molar-refractivity contribution >= 4 is 13.9 Å². The molecule has 1 fully saturated rings. The van der Waals surface area contributed by atoms with Crippen LogP contribution >= 0.6 is 8.03 Å². The Balaban J connectivity index is 1.28. The number of unbranched alkanes of at least 4 members (excludes halogenated alkanes) is 2. The second-order valence-corrected chi connectivity index (χ2v) is 11.7. The van der Waals surface area contributed by atoms with Gasteiger partial charge in [0.25, 0.3) is 0 Å². The maximum Gasteiger partial charge on any atom is 0.406 e. The average molecular weight is 568 g/mol. The van der Waals surface area contributed by atoms with Crippen molar-refractivity contribution in [3.05, 3.63) is 59.7 Å². The summed E-state index contributed by atoms with van der Waals surface area (Å²) in [4.78, 5) is 14.5. The van der Waals surface area contributed by atoms with Crippen LogP contribution in [0.15, 0.2) is 48.5 Å². The molecule has 4 rings (SSSR count). The molecule has 1 saturated heterocycles. The van der Waals surface area contributed by atoms with Crippen molar-refractivity contribution in [2.45, 2.75) is 63.3 Å². The molecule has 3 unspecified atom stereocenters. The average Bonchev–Trinajstić information content (AvgIpc) is 3.50. The minimum atomic E-state index is -4.52. The predicted molar refractivity (Wildman–Crippen MR) is 144 cm³/mol. The van der Waals surface area contributed by atoms with E-state index in [1.54, 1.807) is 24.3 Å². The van der Waals surface area contributed by atoms with Gasteiger partial charge in [-0.1, -0.05) is 61.9 Å². The normalized spacial score (nSPS) is 19.6. The van der Waals surface area contributed by atoms with Gasteiger partial charge in [-0.25, -0.2) is 0 Å². The minimum absolute atomic E-state index is 0.0309. The first-order valence-electron chi connectivity index (χ1n) is 13.7. The van der Waals surface area contributed by atoms with Gasteiger partial charge in [-0.2, -0.15) is 13.2 Å². The van der Waals surface area contributed by atoms with E-state index in [9.17, 15) is 22.5 Å². The molecule has 39 heavy (non-hydrogen) atoms. The van der Waals surface area contributed by atoms with Gasteiger partial charge in [-0.05, 0) is 41.5 Å². The zero-order valence-corrected chi connectivity index (χ0v) is 23.3. The molecular formula is C29H37F3NO5P. The number of ether oxygens (including phenoxy) is 2. The summed E-state index contributed by atoms with van der Waals surface area (Å²) in [6.07, 6.45) is -0.964. The van der Waals surface area contributed by atoms with E-state index >= 15 is 0 Å². The number of carbonyl (C=O) groups is 1. The molecule has 1 aliphatic carbocycles. The van der Waals surface area contributed by atoms with Gasteiger partial charge in [0, 0.05) is 25.7 Å². The fraction of sp³-hybridized carbons (Fsp3) is 0.552. The van der Waals surface area contributed by atoms with Gasteiger partial charge in [0.15, 0.2) is 8.03 Å². The number of fused-ring (bicyclic) bond motifs is 3. The molecule has 0 aromatic heterocycles. The Kier molecular flexibility index (Phi) is 10.6. The van der Waals surface area contributed by atoms with E-state index in [2.05, 4.69) is 6.92 Å². The van der Waals surface area contributed by atoms with Crippen LogP contribution in [0.5, 0.6) is 0 Å². The summed E-state index contributed by atoms with van der Waals surface area (Å²) in [5.41, 5.74) is 3.20. The summed E-state index contributed by atoms with van der Waals surface area (Å²) >= 11 is 0. The highest BCUT2D eigenvalue weighted by Crippen LogP contribution is 2.45. The smallest absolute Gasteiger partial charge is 0.376 e. The molecule has 6 nitrogen and oxygen atoms in total.